The first-order chi connectivity index (χ1) is 13.7. The van der Waals surface area contributed by atoms with E-state index in [0.29, 0.717) is 12.4 Å². The van der Waals surface area contributed by atoms with Crippen molar-refractivity contribution in [1.29, 1.82) is 0 Å². The van der Waals surface area contributed by atoms with Crippen LogP contribution in [-0.4, -0.2) is 49.0 Å². The van der Waals surface area contributed by atoms with Crippen molar-refractivity contribution in [3.63, 3.8) is 0 Å². The summed E-state index contributed by atoms with van der Waals surface area (Å²) in [6.07, 6.45) is 8.92. The smallest absolute Gasteiger partial charge is 0.167 e. The number of nitrogens with zero attached hydrogens (tertiary/aromatic N) is 2. The minimum absolute atomic E-state index is 0.0225. The average Bonchev–Trinajstić information content (AvgIpc) is 3.03. The van der Waals surface area contributed by atoms with E-state index in [4.69, 9.17) is 9.47 Å². The van der Waals surface area contributed by atoms with Crippen LogP contribution in [0.3, 0.4) is 0 Å². The van der Waals surface area contributed by atoms with Gasteiger partial charge in [-0.05, 0) is 74.2 Å². The van der Waals surface area contributed by atoms with Crippen molar-refractivity contribution in [1.82, 2.24) is 9.88 Å². The van der Waals surface area contributed by atoms with Gasteiger partial charge in [0.25, 0.3) is 0 Å². The third-order valence-electron chi connectivity index (χ3n) is 5.84. The van der Waals surface area contributed by atoms with E-state index >= 15 is 0 Å². The molecule has 1 unspecified atom stereocenters. The van der Waals surface area contributed by atoms with Gasteiger partial charge >= 0.3 is 0 Å². The maximum atomic E-state index is 13.0. The molecule has 1 atom stereocenters. The van der Waals surface area contributed by atoms with E-state index in [1.807, 2.05) is 24.3 Å². The maximum absolute atomic E-state index is 13.0. The van der Waals surface area contributed by atoms with Gasteiger partial charge in [0.15, 0.2) is 17.3 Å². The summed E-state index contributed by atoms with van der Waals surface area (Å²) in [6.45, 7) is 3.84. The van der Waals surface area contributed by atoms with Crippen LogP contribution >= 0.6 is 0 Å². The van der Waals surface area contributed by atoms with Gasteiger partial charge in [-0.25, -0.2) is 0 Å². The van der Waals surface area contributed by atoms with Crippen molar-refractivity contribution in [2.24, 2.45) is 5.92 Å². The molecule has 1 aliphatic carbocycles. The lowest BCUT2D eigenvalue weighted by Crippen LogP contribution is -2.33. The Morgan fingerprint density at radius 3 is 2.64 bits per heavy atom. The summed E-state index contributed by atoms with van der Waals surface area (Å²) in [7, 11) is 1.66. The topological polar surface area (TPSA) is 51.7 Å². The number of carbonyl (C=O) groups excluding carboxylic acids is 1. The highest BCUT2D eigenvalue weighted by atomic mass is 16.5. The first kappa shape index (κ1) is 18.9. The summed E-state index contributed by atoms with van der Waals surface area (Å²) in [6, 6.07) is 7.83. The average molecular weight is 380 g/mol. The number of methoxy groups -OCH3 is 1. The number of benzene rings is 1. The van der Waals surface area contributed by atoms with Crippen LogP contribution in [-0.2, 0) is 12.8 Å². The van der Waals surface area contributed by atoms with Gasteiger partial charge in [-0.15, -0.1) is 0 Å². The number of piperidine rings is 1. The highest BCUT2D eigenvalue weighted by Gasteiger charge is 2.32. The number of ketones is 1. The molecular weight excluding hydrogens is 352 g/mol. The second-order valence-electron chi connectivity index (χ2n) is 7.74. The molecule has 5 nitrogen and oxygen atoms in total. The third-order valence-corrected chi connectivity index (χ3v) is 5.84. The maximum Gasteiger partial charge on any atom is 0.167 e. The molecule has 0 radical (unpaired) electrons. The highest BCUT2D eigenvalue weighted by Crippen LogP contribution is 2.37. The molecule has 1 aromatic carbocycles. The monoisotopic (exact) mass is 380 g/mol. The summed E-state index contributed by atoms with van der Waals surface area (Å²) in [4.78, 5) is 19.5. The SMILES string of the molecule is COc1cc2c(cc1OCCN1CCCCC1)C(=O)C(Cc1ccncc1)C2. The summed E-state index contributed by atoms with van der Waals surface area (Å²) in [5.41, 5.74) is 2.99. The van der Waals surface area contributed by atoms with E-state index in [1.54, 1.807) is 19.5 Å². The van der Waals surface area contributed by atoms with E-state index in [0.717, 1.165) is 54.9 Å². The summed E-state index contributed by atoms with van der Waals surface area (Å²) >= 11 is 0. The fourth-order valence-corrected chi connectivity index (χ4v) is 4.29. The van der Waals surface area contributed by atoms with Gasteiger partial charge in [0.05, 0.1) is 7.11 Å². The van der Waals surface area contributed by atoms with E-state index in [-0.39, 0.29) is 11.7 Å². The Bertz CT molecular complexity index is 816. The summed E-state index contributed by atoms with van der Waals surface area (Å²) < 4.78 is 11.6. The molecule has 0 N–H and O–H groups in total. The second-order valence-corrected chi connectivity index (χ2v) is 7.74. The molecule has 0 amide bonds. The quantitative estimate of drug-likeness (QED) is 0.735. The Kier molecular flexibility index (Phi) is 5.91. The fourth-order valence-electron chi connectivity index (χ4n) is 4.29. The number of likely N-dealkylation sites (tertiary alicyclic amines) is 1. The number of Topliss-reactive ketones (excluding diaryl/α,β-unsaturated/α-hetero) is 1. The third kappa shape index (κ3) is 4.20. The Balaban J connectivity index is 1.43. The van der Waals surface area contributed by atoms with Gasteiger partial charge in [0.2, 0.25) is 0 Å². The zero-order valence-electron chi connectivity index (χ0n) is 16.5. The number of rotatable bonds is 7. The van der Waals surface area contributed by atoms with Crippen LogP contribution in [0.15, 0.2) is 36.7 Å². The Morgan fingerprint density at radius 1 is 1.11 bits per heavy atom. The second kappa shape index (κ2) is 8.74. The zero-order valence-corrected chi connectivity index (χ0v) is 16.5. The lowest BCUT2D eigenvalue weighted by Gasteiger charge is -2.26. The van der Waals surface area contributed by atoms with Crippen LogP contribution in [0, 0.1) is 5.92 Å². The van der Waals surface area contributed by atoms with Gasteiger partial charge < -0.3 is 9.47 Å². The molecule has 148 valence electrons. The van der Waals surface area contributed by atoms with Crippen molar-refractivity contribution >= 4 is 5.78 Å². The van der Waals surface area contributed by atoms with E-state index < -0.39 is 0 Å². The largest absolute Gasteiger partial charge is 0.493 e. The number of aromatic nitrogens is 1. The zero-order chi connectivity index (χ0) is 19.3. The number of hydrogen-bond acceptors (Lipinski definition) is 5. The molecule has 28 heavy (non-hydrogen) atoms. The minimum atomic E-state index is -0.0225. The first-order valence-corrected chi connectivity index (χ1v) is 10.2. The molecule has 1 aliphatic heterocycles. The highest BCUT2D eigenvalue weighted by molar-refractivity contribution is 6.03. The van der Waals surface area contributed by atoms with Crippen molar-refractivity contribution in [3.8, 4) is 11.5 Å². The van der Waals surface area contributed by atoms with Crippen molar-refractivity contribution in [3.05, 3.63) is 53.3 Å². The molecule has 0 spiro atoms. The van der Waals surface area contributed by atoms with Crippen molar-refractivity contribution in [2.45, 2.75) is 32.1 Å². The predicted molar refractivity (Wildman–Crippen MR) is 108 cm³/mol. The van der Waals surface area contributed by atoms with Gasteiger partial charge in [0, 0.05) is 30.4 Å². The molecule has 0 saturated carbocycles. The Labute approximate surface area is 166 Å². The molecule has 2 heterocycles. The minimum Gasteiger partial charge on any atom is -0.493 e. The number of fused-ring (bicyclic) bond motifs is 1. The van der Waals surface area contributed by atoms with E-state index in [9.17, 15) is 4.79 Å². The summed E-state index contributed by atoms with van der Waals surface area (Å²) in [5, 5.41) is 0. The van der Waals surface area contributed by atoms with Crippen LogP contribution in [0.1, 0.15) is 40.7 Å². The van der Waals surface area contributed by atoms with Crippen LogP contribution in [0.5, 0.6) is 11.5 Å². The summed E-state index contributed by atoms with van der Waals surface area (Å²) in [5.74, 6) is 1.58. The van der Waals surface area contributed by atoms with Crippen molar-refractivity contribution < 1.29 is 14.3 Å². The number of carbonyl (C=O) groups is 1. The van der Waals surface area contributed by atoms with E-state index in [2.05, 4.69) is 9.88 Å². The molecule has 5 heteroatoms. The van der Waals surface area contributed by atoms with Crippen molar-refractivity contribution in [2.75, 3.05) is 33.4 Å². The molecule has 1 fully saturated rings. The Hall–Kier alpha value is -2.40. The molecule has 4 rings (SSSR count). The fraction of sp³-hybridized carbons (Fsp3) is 0.478. The van der Waals surface area contributed by atoms with Crippen LogP contribution in [0.4, 0.5) is 0 Å². The number of pyridine rings is 1. The standard InChI is InChI=1S/C23H28N2O3/c1-27-21-15-18-14-19(13-17-5-7-24-8-6-17)23(26)20(18)16-22(21)28-12-11-25-9-3-2-4-10-25/h5-8,15-16,19H,2-4,9-14H2,1H3. The van der Waals surface area contributed by atoms with Gasteiger partial charge in [-0.2, -0.15) is 0 Å². The molecule has 1 aromatic heterocycles. The molecule has 0 bridgehead atoms. The molecule has 2 aliphatic rings. The lowest BCUT2D eigenvalue weighted by atomic mass is 9.96. The number of hydrogen-bond donors (Lipinski definition) is 0. The molecular formula is C23H28N2O3. The van der Waals surface area contributed by atoms with Gasteiger partial charge in [-0.1, -0.05) is 6.42 Å². The molecule has 1 saturated heterocycles. The molecule has 2 aromatic rings. The van der Waals surface area contributed by atoms with Crippen LogP contribution in [0.25, 0.3) is 0 Å². The Morgan fingerprint density at radius 2 is 1.89 bits per heavy atom. The van der Waals surface area contributed by atoms with Gasteiger partial charge in [0.1, 0.15) is 6.61 Å². The normalized spacial score (nSPS) is 19.5. The lowest BCUT2D eigenvalue weighted by molar-refractivity contribution is 0.0936. The van der Waals surface area contributed by atoms with Crippen LogP contribution in [0.2, 0.25) is 0 Å². The number of ether oxygens (including phenoxy) is 2. The predicted octanol–water partition coefficient (Wildman–Crippen LogP) is 3.55. The first-order valence-electron chi connectivity index (χ1n) is 10.2. The van der Waals surface area contributed by atoms with E-state index in [1.165, 1.54) is 19.3 Å². The van der Waals surface area contributed by atoms with Crippen LogP contribution < -0.4 is 9.47 Å². The van der Waals surface area contributed by atoms with Gasteiger partial charge in [-0.3, -0.25) is 14.7 Å².